The lowest BCUT2D eigenvalue weighted by atomic mass is 10.1. The van der Waals surface area contributed by atoms with Gasteiger partial charge in [-0.05, 0) is 19.3 Å². The molecule has 1 aliphatic rings. The lowest BCUT2D eigenvalue weighted by Gasteiger charge is -2.25. The van der Waals surface area contributed by atoms with Gasteiger partial charge >= 0.3 is 6.03 Å². The molecule has 0 spiro atoms. The van der Waals surface area contributed by atoms with E-state index in [0.717, 1.165) is 25.9 Å². The molecule has 0 saturated carbocycles. The summed E-state index contributed by atoms with van der Waals surface area (Å²) in [6.07, 6.45) is 4.29. The fourth-order valence-corrected chi connectivity index (χ4v) is 1.11. The van der Waals surface area contributed by atoms with Gasteiger partial charge in [0.2, 0.25) is 0 Å². The second-order valence-electron chi connectivity index (χ2n) is 2.41. The SMILES string of the molecule is CNC(=O)N1CC[CH]CC1. The molecule has 0 aromatic heterocycles. The molecule has 1 rings (SSSR count). The highest BCUT2D eigenvalue weighted by Crippen LogP contribution is 2.06. The van der Waals surface area contributed by atoms with E-state index >= 15 is 0 Å². The van der Waals surface area contributed by atoms with Crippen molar-refractivity contribution >= 4 is 6.03 Å². The zero-order valence-electron chi connectivity index (χ0n) is 6.26. The molecule has 0 aromatic carbocycles. The Morgan fingerprint density at radius 3 is 2.60 bits per heavy atom. The summed E-state index contributed by atoms with van der Waals surface area (Å²) in [4.78, 5) is 12.8. The van der Waals surface area contributed by atoms with Crippen molar-refractivity contribution in [2.45, 2.75) is 12.8 Å². The molecule has 0 bridgehead atoms. The Kier molecular flexibility index (Phi) is 2.54. The van der Waals surface area contributed by atoms with Gasteiger partial charge in [-0.1, -0.05) is 0 Å². The first kappa shape index (κ1) is 7.38. The number of piperidine rings is 1. The van der Waals surface area contributed by atoms with Crippen LogP contribution < -0.4 is 5.32 Å². The average Bonchev–Trinajstić information content (AvgIpc) is 2.05. The highest BCUT2D eigenvalue weighted by Gasteiger charge is 2.13. The minimum Gasteiger partial charge on any atom is -0.341 e. The number of carbonyl (C=O) groups is 1. The van der Waals surface area contributed by atoms with Gasteiger partial charge in [0.25, 0.3) is 0 Å². The third-order valence-electron chi connectivity index (χ3n) is 1.71. The summed E-state index contributed by atoms with van der Waals surface area (Å²) in [5.41, 5.74) is 0. The Balaban J connectivity index is 2.31. The van der Waals surface area contributed by atoms with Crippen LogP contribution in [0.2, 0.25) is 0 Å². The van der Waals surface area contributed by atoms with Crippen molar-refractivity contribution in [3.8, 4) is 0 Å². The number of hydrogen-bond donors (Lipinski definition) is 1. The first-order chi connectivity index (χ1) is 4.84. The minimum atomic E-state index is 0.0492. The topological polar surface area (TPSA) is 32.3 Å². The van der Waals surface area contributed by atoms with Gasteiger partial charge in [-0.3, -0.25) is 0 Å². The van der Waals surface area contributed by atoms with E-state index in [0.29, 0.717) is 0 Å². The summed E-state index contributed by atoms with van der Waals surface area (Å²) in [6.45, 7) is 1.75. The van der Waals surface area contributed by atoms with Gasteiger partial charge in [0.15, 0.2) is 0 Å². The van der Waals surface area contributed by atoms with Crippen LogP contribution in [0.1, 0.15) is 12.8 Å². The van der Waals surface area contributed by atoms with E-state index in [9.17, 15) is 4.79 Å². The molecule has 1 radical (unpaired) electrons. The number of carbonyl (C=O) groups excluding carboxylic acids is 1. The molecule has 3 heteroatoms. The highest BCUT2D eigenvalue weighted by atomic mass is 16.2. The second kappa shape index (κ2) is 3.44. The van der Waals surface area contributed by atoms with Crippen LogP contribution in [0.5, 0.6) is 0 Å². The largest absolute Gasteiger partial charge is 0.341 e. The quantitative estimate of drug-likeness (QED) is 0.527. The molecule has 1 heterocycles. The van der Waals surface area contributed by atoms with Crippen LogP contribution in [0.4, 0.5) is 4.79 Å². The zero-order valence-corrected chi connectivity index (χ0v) is 6.26. The van der Waals surface area contributed by atoms with Gasteiger partial charge in [0, 0.05) is 20.1 Å². The Morgan fingerprint density at radius 2 is 2.10 bits per heavy atom. The van der Waals surface area contributed by atoms with Gasteiger partial charge in [0.1, 0.15) is 0 Å². The van der Waals surface area contributed by atoms with E-state index in [1.165, 1.54) is 0 Å². The van der Waals surface area contributed by atoms with Crippen molar-refractivity contribution in [1.82, 2.24) is 10.2 Å². The molecule has 0 aliphatic carbocycles. The van der Waals surface area contributed by atoms with E-state index in [1.807, 2.05) is 4.90 Å². The Bertz CT molecular complexity index is 119. The van der Waals surface area contributed by atoms with E-state index in [-0.39, 0.29) is 6.03 Å². The minimum absolute atomic E-state index is 0.0492. The first-order valence-electron chi connectivity index (χ1n) is 3.63. The second-order valence-corrected chi connectivity index (χ2v) is 2.41. The third-order valence-corrected chi connectivity index (χ3v) is 1.71. The van der Waals surface area contributed by atoms with Crippen molar-refractivity contribution in [1.29, 1.82) is 0 Å². The molecular formula is C7H13N2O. The first-order valence-corrected chi connectivity index (χ1v) is 3.63. The van der Waals surface area contributed by atoms with Gasteiger partial charge in [0.05, 0.1) is 0 Å². The van der Waals surface area contributed by atoms with E-state index in [1.54, 1.807) is 7.05 Å². The molecule has 1 fully saturated rings. The summed E-state index contributed by atoms with van der Waals surface area (Å²) in [6, 6.07) is 0.0492. The van der Waals surface area contributed by atoms with Crippen molar-refractivity contribution in [2.24, 2.45) is 0 Å². The summed E-state index contributed by atoms with van der Waals surface area (Å²) < 4.78 is 0. The van der Waals surface area contributed by atoms with E-state index in [4.69, 9.17) is 0 Å². The summed E-state index contributed by atoms with van der Waals surface area (Å²) >= 11 is 0. The van der Waals surface area contributed by atoms with Crippen molar-refractivity contribution in [2.75, 3.05) is 20.1 Å². The number of nitrogens with zero attached hydrogens (tertiary/aromatic N) is 1. The summed E-state index contributed by atoms with van der Waals surface area (Å²) in [5.74, 6) is 0. The molecule has 1 N–H and O–H groups in total. The standard InChI is InChI=1S/C7H13N2O/c1-8-7(10)9-5-3-2-4-6-9/h2H,3-6H2,1H3,(H,8,10). The van der Waals surface area contributed by atoms with E-state index in [2.05, 4.69) is 11.7 Å². The summed E-state index contributed by atoms with van der Waals surface area (Å²) in [5, 5.41) is 2.61. The lowest BCUT2D eigenvalue weighted by Crippen LogP contribution is -2.41. The molecule has 0 atom stereocenters. The van der Waals surface area contributed by atoms with Crippen LogP contribution in [-0.4, -0.2) is 31.1 Å². The van der Waals surface area contributed by atoms with Gasteiger partial charge < -0.3 is 10.2 Å². The number of amides is 2. The Hall–Kier alpha value is -0.730. The molecule has 0 aromatic rings. The highest BCUT2D eigenvalue weighted by molar-refractivity contribution is 5.73. The van der Waals surface area contributed by atoms with E-state index < -0.39 is 0 Å². The van der Waals surface area contributed by atoms with Crippen LogP contribution in [0.3, 0.4) is 0 Å². The average molecular weight is 141 g/mol. The predicted octanol–water partition coefficient (Wildman–Crippen LogP) is 0.626. The Labute approximate surface area is 61.4 Å². The maximum atomic E-state index is 11.0. The molecule has 2 amide bonds. The van der Waals surface area contributed by atoms with Crippen LogP contribution >= 0.6 is 0 Å². The molecule has 3 nitrogen and oxygen atoms in total. The van der Waals surface area contributed by atoms with Crippen molar-refractivity contribution in [3.05, 3.63) is 6.42 Å². The number of rotatable bonds is 0. The van der Waals surface area contributed by atoms with Crippen LogP contribution in [0.15, 0.2) is 0 Å². The maximum Gasteiger partial charge on any atom is 0.317 e. The molecule has 1 aliphatic heterocycles. The van der Waals surface area contributed by atoms with Crippen LogP contribution in [0, 0.1) is 6.42 Å². The molecular weight excluding hydrogens is 128 g/mol. The lowest BCUT2D eigenvalue weighted by molar-refractivity contribution is 0.195. The fraction of sp³-hybridized carbons (Fsp3) is 0.714. The van der Waals surface area contributed by atoms with Crippen molar-refractivity contribution < 1.29 is 4.79 Å². The summed E-state index contributed by atoms with van der Waals surface area (Å²) in [7, 11) is 1.67. The van der Waals surface area contributed by atoms with Crippen LogP contribution in [-0.2, 0) is 0 Å². The Morgan fingerprint density at radius 1 is 1.50 bits per heavy atom. The zero-order chi connectivity index (χ0) is 7.40. The molecule has 10 heavy (non-hydrogen) atoms. The predicted molar refractivity (Wildman–Crippen MR) is 39.6 cm³/mol. The number of likely N-dealkylation sites (tertiary alicyclic amines) is 1. The van der Waals surface area contributed by atoms with Crippen molar-refractivity contribution in [3.63, 3.8) is 0 Å². The van der Waals surface area contributed by atoms with Crippen LogP contribution in [0.25, 0.3) is 0 Å². The number of nitrogens with one attached hydrogen (secondary N) is 1. The fourth-order valence-electron chi connectivity index (χ4n) is 1.11. The number of urea groups is 1. The van der Waals surface area contributed by atoms with Gasteiger partial charge in [-0.2, -0.15) is 0 Å². The molecule has 57 valence electrons. The normalized spacial score (nSPS) is 18.7. The number of hydrogen-bond acceptors (Lipinski definition) is 1. The van der Waals surface area contributed by atoms with Gasteiger partial charge in [-0.15, -0.1) is 0 Å². The molecule has 1 saturated heterocycles. The molecule has 0 unspecified atom stereocenters. The van der Waals surface area contributed by atoms with Gasteiger partial charge in [-0.25, -0.2) is 4.79 Å². The maximum absolute atomic E-state index is 11.0. The smallest absolute Gasteiger partial charge is 0.317 e. The third kappa shape index (κ3) is 1.62. The monoisotopic (exact) mass is 141 g/mol.